The van der Waals surface area contributed by atoms with Gasteiger partial charge in [-0.3, -0.25) is 9.20 Å². The van der Waals surface area contributed by atoms with Gasteiger partial charge in [-0.05, 0) is 29.9 Å². The summed E-state index contributed by atoms with van der Waals surface area (Å²) in [5.41, 5.74) is 5.86. The van der Waals surface area contributed by atoms with Crippen LogP contribution in [0.1, 0.15) is 23.6 Å². The Morgan fingerprint density at radius 1 is 1.17 bits per heavy atom. The van der Waals surface area contributed by atoms with Crippen molar-refractivity contribution in [3.63, 3.8) is 0 Å². The lowest BCUT2D eigenvalue weighted by Crippen LogP contribution is -2.49. The maximum absolute atomic E-state index is 11.8. The van der Waals surface area contributed by atoms with Gasteiger partial charge in [0.1, 0.15) is 11.9 Å². The van der Waals surface area contributed by atoms with Crippen LogP contribution in [0.4, 0.5) is 5.82 Å². The minimum atomic E-state index is 0. The van der Waals surface area contributed by atoms with E-state index in [1.807, 2.05) is 34.9 Å². The predicted molar refractivity (Wildman–Crippen MR) is 119 cm³/mol. The molecule has 1 amide bonds. The van der Waals surface area contributed by atoms with Crippen LogP contribution in [0.5, 0.6) is 0 Å². The van der Waals surface area contributed by atoms with E-state index in [1.54, 1.807) is 6.92 Å². The largest absolute Gasteiger partial charge is 0.354 e. The monoisotopic (exact) mass is 427 g/mol. The van der Waals surface area contributed by atoms with Crippen LogP contribution in [-0.4, -0.2) is 52.1 Å². The van der Waals surface area contributed by atoms with Gasteiger partial charge in [-0.2, -0.15) is 17.0 Å². The Hall–Kier alpha value is -2.43. The quantitative estimate of drug-likeness (QED) is 0.596. The van der Waals surface area contributed by atoms with Gasteiger partial charge >= 0.3 is 0 Å². The average Bonchev–Trinajstić information content (AvgIpc) is 3.11. The molecule has 0 saturated carbocycles. The van der Waals surface area contributed by atoms with Crippen molar-refractivity contribution in [3.8, 4) is 6.07 Å². The zero-order valence-corrected chi connectivity index (χ0v) is 17.9. The first-order valence-electron chi connectivity index (χ1n) is 9.62. The van der Waals surface area contributed by atoms with E-state index < -0.39 is 0 Å². The van der Waals surface area contributed by atoms with Gasteiger partial charge < -0.3 is 9.80 Å². The molecule has 2 aliphatic rings. The number of nitrogens with zero attached hydrogens (tertiary/aromatic N) is 5. The molecular weight excluding hydrogens is 406 g/mol. The van der Waals surface area contributed by atoms with Crippen molar-refractivity contribution < 1.29 is 4.79 Å². The summed E-state index contributed by atoms with van der Waals surface area (Å²) in [6.45, 7) is 4.68. The number of piperazine rings is 1. The molecule has 1 fully saturated rings. The van der Waals surface area contributed by atoms with Gasteiger partial charge in [-0.15, -0.1) is 12.4 Å². The minimum absolute atomic E-state index is 0. The number of imidazole rings is 1. The summed E-state index contributed by atoms with van der Waals surface area (Å²) in [6, 6.07) is 10.5. The highest BCUT2D eigenvalue weighted by molar-refractivity contribution is 7.98. The molecule has 1 saturated heterocycles. The minimum Gasteiger partial charge on any atom is -0.354 e. The van der Waals surface area contributed by atoms with Gasteiger partial charge in [0.15, 0.2) is 5.65 Å². The topological polar surface area (TPSA) is 64.6 Å². The first kappa shape index (κ1) is 19.9. The van der Waals surface area contributed by atoms with Crippen molar-refractivity contribution in [1.29, 1.82) is 5.26 Å². The van der Waals surface area contributed by atoms with Gasteiger partial charge in [-0.1, -0.05) is 12.1 Å². The highest BCUT2D eigenvalue weighted by Gasteiger charge is 2.29. The van der Waals surface area contributed by atoms with E-state index in [-0.39, 0.29) is 18.3 Å². The van der Waals surface area contributed by atoms with Crippen molar-refractivity contribution >= 4 is 52.6 Å². The molecule has 8 heteroatoms. The van der Waals surface area contributed by atoms with Gasteiger partial charge in [0.25, 0.3) is 0 Å². The van der Waals surface area contributed by atoms with Gasteiger partial charge in [0, 0.05) is 44.4 Å². The number of hydrogen-bond acceptors (Lipinski definition) is 5. The number of rotatable bonds is 1. The number of hydrogen-bond donors (Lipinski definition) is 0. The number of pyridine rings is 1. The molecule has 5 rings (SSSR count). The highest BCUT2D eigenvalue weighted by Crippen LogP contribution is 2.38. The fourth-order valence-corrected chi connectivity index (χ4v) is 5.42. The highest BCUT2D eigenvalue weighted by atomic mass is 35.5. The second-order valence-electron chi connectivity index (χ2n) is 7.32. The van der Waals surface area contributed by atoms with Crippen molar-refractivity contribution in [3.05, 3.63) is 41.0 Å². The average molecular weight is 428 g/mol. The molecule has 0 atom stereocenters. The van der Waals surface area contributed by atoms with Crippen molar-refractivity contribution in [2.45, 2.75) is 19.1 Å². The third-order valence-corrected chi connectivity index (χ3v) is 6.80. The van der Waals surface area contributed by atoms with Crippen LogP contribution >= 0.6 is 24.2 Å². The Morgan fingerprint density at radius 2 is 1.93 bits per heavy atom. The van der Waals surface area contributed by atoms with Crippen LogP contribution in [0, 0.1) is 11.3 Å². The number of carbonyl (C=O) groups is 1. The fourth-order valence-electron chi connectivity index (χ4n) is 4.42. The zero-order valence-electron chi connectivity index (χ0n) is 16.2. The number of benzene rings is 1. The number of carbonyl (C=O) groups excluding carboxylic acids is 1. The summed E-state index contributed by atoms with van der Waals surface area (Å²) in [5.74, 6) is 3.24. The third kappa shape index (κ3) is 3.11. The Bertz CT molecular complexity index is 1140. The molecule has 2 aromatic heterocycles. The van der Waals surface area contributed by atoms with Crippen LogP contribution in [0.15, 0.2) is 24.3 Å². The first-order valence-corrected chi connectivity index (χ1v) is 10.8. The molecule has 29 heavy (non-hydrogen) atoms. The first-order chi connectivity index (χ1) is 13.7. The van der Waals surface area contributed by atoms with Crippen LogP contribution in [0.2, 0.25) is 0 Å². The van der Waals surface area contributed by atoms with Crippen molar-refractivity contribution in [1.82, 2.24) is 14.3 Å². The Kier molecular flexibility index (Phi) is 5.32. The molecule has 0 N–H and O–H groups in total. The zero-order chi connectivity index (χ0) is 19.3. The number of thioether (sulfide) groups is 1. The van der Waals surface area contributed by atoms with Crippen LogP contribution in [-0.2, 0) is 17.0 Å². The van der Waals surface area contributed by atoms with Crippen LogP contribution in [0.3, 0.4) is 0 Å². The smallest absolute Gasteiger partial charge is 0.219 e. The number of aromatic nitrogens is 2. The van der Waals surface area contributed by atoms with Crippen LogP contribution < -0.4 is 4.90 Å². The molecule has 4 heterocycles. The molecule has 1 aromatic carbocycles. The molecule has 2 aliphatic heterocycles. The SMILES string of the molecule is CC(=O)N1CCN(c2c3c(c(C#N)c4nc5ccccc5n24)CCSC3)CC1.Cl. The Morgan fingerprint density at radius 3 is 2.66 bits per heavy atom. The molecule has 3 aromatic rings. The lowest BCUT2D eigenvalue weighted by molar-refractivity contribution is -0.129. The number of para-hydroxylation sites is 2. The number of fused-ring (bicyclic) bond motifs is 4. The van der Waals surface area contributed by atoms with Gasteiger partial charge in [-0.25, -0.2) is 4.98 Å². The number of amides is 1. The third-order valence-electron chi connectivity index (χ3n) is 5.81. The summed E-state index contributed by atoms with van der Waals surface area (Å²) in [6.07, 6.45) is 0.906. The molecular formula is C21H22ClN5OS. The normalized spacial score (nSPS) is 16.4. The van der Waals surface area contributed by atoms with E-state index in [4.69, 9.17) is 4.98 Å². The maximum Gasteiger partial charge on any atom is 0.219 e. The lowest BCUT2D eigenvalue weighted by Gasteiger charge is -2.38. The second kappa shape index (κ2) is 7.77. The molecule has 0 bridgehead atoms. The van der Waals surface area contributed by atoms with E-state index in [0.717, 1.165) is 77.7 Å². The Balaban J connectivity index is 0.00000205. The Labute approximate surface area is 179 Å². The summed E-state index contributed by atoms with van der Waals surface area (Å²) >= 11 is 1.92. The fraction of sp³-hybridized carbons (Fsp3) is 0.381. The number of halogens is 1. The standard InChI is InChI=1S/C21H21N5OS.ClH/c1-14(27)24-7-9-25(10-8-24)21-17-13-28-11-6-15(17)16(12-22)20-23-18-4-2-3-5-19(18)26(20)21;/h2-5H,6-11,13H2,1H3;1H. The van der Waals surface area contributed by atoms with Crippen LogP contribution in [0.25, 0.3) is 16.7 Å². The second-order valence-corrected chi connectivity index (χ2v) is 8.43. The van der Waals surface area contributed by atoms with Crippen molar-refractivity contribution in [2.75, 3.05) is 36.8 Å². The number of anilines is 1. The summed E-state index contributed by atoms with van der Waals surface area (Å²) < 4.78 is 2.18. The van der Waals surface area contributed by atoms with Gasteiger partial charge in [0.05, 0.1) is 16.6 Å². The molecule has 6 nitrogen and oxygen atoms in total. The van der Waals surface area contributed by atoms with E-state index in [9.17, 15) is 10.1 Å². The molecule has 0 aliphatic carbocycles. The summed E-state index contributed by atoms with van der Waals surface area (Å²) in [7, 11) is 0. The van der Waals surface area contributed by atoms with E-state index in [2.05, 4.69) is 21.4 Å². The predicted octanol–water partition coefficient (Wildman–Crippen LogP) is 3.24. The van der Waals surface area contributed by atoms with Gasteiger partial charge in [0.2, 0.25) is 5.91 Å². The summed E-state index contributed by atoms with van der Waals surface area (Å²) in [4.78, 5) is 20.9. The van der Waals surface area contributed by atoms with E-state index >= 15 is 0 Å². The molecule has 0 radical (unpaired) electrons. The molecule has 0 unspecified atom stereocenters. The van der Waals surface area contributed by atoms with Crippen molar-refractivity contribution in [2.24, 2.45) is 0 Å². The number of nitriles is 1. The van der Waals surface area contributed by atoms with E-state index in [0.29, 0.717) is 0 Å². The molecule has 150 valence electrons. The lowest BCUT2D eigenvalue weighted by atomic mass is 10.0. The summed E-state index contributed by atoms with van der Waals surface area (Å²) in [5, 5.41) is 9.95. The maximum atomic E-state index is 11.8. The molecule has 0 spiro atoms. The van der Waals surface area contributed by atoms with E-state index in [1.165, 1.54) is 5.56 Å².